The zero-order chi connectivity index (χ0) is 22.4. The fourth-order valence-corrected chi connectivity index (χ4v) is 3.62. The highest BCUT2D eigenvalue weighted by Gasteiger charge is 2.16. The number of hydrogen-bond donors (Lipinski definition) is 3. The fraction of sp³-hybridized carbons (Fsp3) is 0.429. The van der Waals surface area contributed by atoms with Gasteiger partial charge in [-0.1, -0.05) is 13.8 Å². The van der Waals surface area contributed by atoms with Crippen molar-refractivity contribution in [3.05, 3.63) is 39.4 Å². The van der Waals surface area contributed by atoms with E-state index in [1.165, 1.54) is 0 Å². The van der Waals surface area contributed by atoms with Gasteiger partial charge in [0.1, 0.15) is 17.1 Å². The Morgan fingerprint density at radius 1 is 1.19 bits per heavy atom. The molecule has 0 aliphatic heterocycles. The van der Waals surface area contributed by atoms with E-state index in [9.17, 15) is 9.59 Å². The summed E-state index contributed by atoms with van der Waals surface area (Å²) < 4.78 is 9.53. The predicted octanol–water partition coefficient (Wildman–Crippen LogP) is 2.20. The van der Waals surface area contributed by atoms with Crippen LogP contribution in [0.2, 0.25) is 0 Å². The molecule has 2 aromatic heterocycles. The van der Waals surface area contributed by atoms with Crippen molar-refractivity contribution >= 4 is 29.3 Å². The van der Waals surface area contributed by atoms with Gasteiger partial charge in [-0.15, -0.1) is 0 Å². The van der Waals surface area contributed by atoms with Crippen molar-refractivity contribution in [1.82, 2.24) is 24.4 Å². The largest absolute Gasteiger partial charge is 0.484 e. The Labute approximate surface area is 185 Å². The third kappa shape index (κ3) is 5.02. The number of fused-ring (bicyclic) bond motifs is 1. The number of amides is 1. The van der Waals surface area contributed by atoms with Crippen LogP contribution >= 0.6 is 12.2 Å². The summed E-state index contributed by atoms with van der Waals surface area (Å²) in [6.45, 7) is 6.04. The second-order valence-corrected chi connectivity index (χ2v) is 7.49. The Bertz CT molecular complexity index is 1160. The molecule has 0 bridgehead atoms. The summed E-state index contributed by atoms with van der Waals surface area (Å²) in [6, 6.07) is 7.17. The molecule has 1 aromatic carbocycles. The average Bonchev–Trinajstić information content (AvgIpc) is 3.22. The van der Waals surface area contributed by atoms with Crippen molar-refractivity contribution < 1.29 is 9.53 Å². The Morgan fingerprint density at radius 2 is 1.87 bits per heavy atom. The molecule has 4 N–H and O–H groups in total. The lowest BCUT2D eigenvalue weighted by molar-refractivity contribution is -0.123. The molecule has 3 aromatic rings. The highest BCUT2D eigenvalue weighted by molar-refractivity contribution is 7.71. The first-order valence-electron chi connectivity index (χ1n) is 10.4. The van der Waals surface area contributed by atoms with Gasteiger partial charge in [0.25, 0.3) is 11.5 Å². The van der Waals surface area contributed by atoms with Crippen LogP contribution in [-0.2, 0) is 17.9 Å². The summed E-state index contributed by atoms with van der Waals surface area (Å²) in [5.74, 6) is 0.908. The second kappa shape index (κ2) is 10.4. The van der Waals surface area contributed by atoms with E-state index in [4.69, 9.17) is 22.7 Å². The van der Waals surface area contributed by atoms with Crippen molar-refractivity contribution in [2.75, 3.05) is 19.7 Å². The summed E-state index contributed by atoms with van der Waals surface area (Å²) in [5.41, 5.74) is 7.01. The zero-order valence-electron chi connectivity index (χ0n) is 17.8. The first-order valence-corrected chi connectivity index (χ1v) is 10.8. The third-order valence-electron chi connectivity index (χ3n) is 4.72. The number of H-pyrrole nitrogens is 1. The maximum absolute atomic E-state index is 13.0. The lowest BCUT2D eigenvalue weighted by atomic mass is 10.2. The minimum atomic E-state index is -0.227. The van der Waals surface area contributed by atoms with E-state index in [-0.39, 0.29) is 18.1 Å². The lowest BCUT2D eigenvalue weighted by Crippen LogP contribution is -2.32. The van der Waals surface area contributed by atoms with Crippen LogP contribution < -0.4 is 21.3 Å². The number of benzene rings is 1. The number of carbonyl (C=O) groups is 1. The summed E-state index contributed by atoms with van der Waals surface area (Å²) in [7, 11) is 0. The second-order valence-electron chi connectivity index (χ2n) is 7.13. The minimum Gasteiger partial charge on any atom is -0.484 e. The van der Waals surface area contributed by atoms with Gasteiger partial charge in [-0.05, 0) is 49.3 Å². The Balaban J connectivity index is 1.90. The van der Waals surface area contributed by atoms with Crippen LogP contribution in [0.15, 0.2) is 29.1 Å². The molecule has 10 heteroatoms. The van der Waals surface area contributed by atoms with Crippen LogP contribution in [0.25, 0.3) is 22.6 Å². The molecule has 3 rings (SSSR count). The quantitative estimate of drug-likeness (QED) is 0.412. The van der Waals surface area contributed by atoms with E-state index < -0.39 is 0 Å². The molecule has 0 fully saturated rings. The molecule has 0 saturated carbocycles. The van der Waals surface area contributed by atoms with Crippen LogP contribution in [0.4, 0.5) is 0 Å². The normalized spacial score (nSPS) is 11.1. The molecular formula is C21H28N6O3S. The number of rotatable bonds is 10. The van der Waals surface area contributed by atoms with Gasteiger partial charge < -0.3 is 25.3 Å². The molecule has 0 aliphatic rings. The molecule has 0 aliphatic carbocycles. The number of hydrogen-bond acceptors (Lipinski definition) is 6. The SMILES string of the molecule is CCCn1c(=O)c2[nH]c(-c3ccc(OCC(=O)NCCN)cc3)nc2n(CCC)c1=S. The van der Waals surface area contributed by atoms with Gasteiger partial charge in [0.05, 0.1) is 0 Å². The van der Waals surface area contributed by atoms with Crippen LogP contribution in [0.3, 0.4) is 0 Å². The summed E-state index contributed by atoms with van der Waals surface area (Å²) in [6.07, 6.45) is 1.69. The van der Waals surface area contributed by atoms with E-state index in [1.54, 1.807) is 16.7 Å². The zero-order valence-corrected chi connectivity index (χ0v) is 18.6. The first-order chi connectivity index (χ1) is 15.0. The molecular weight excluding hydrogens is 416 g/mol. The van der Waals surface area contributed by atoms with Gasteiger partial charge in [-0.3, -0.25) is 14.2 Å². The molecule has 31 heavy (non-hydrogen) atoms. The summed E-state index contributed by atoms with van der Waals surface area (Å²) in [5, 5.41) is 2.65. The highest BCUT2D eigenvalue weighted by atomic mass is 32.1. The van der Waals surface area contributed by atoms with Gasteiger partial charge in [0.2, 0.25) is 0 Å². The Morgan fingerprint density at radius 3 is 2.52 bits per heavy atom. The number of aryl methyl sites for hydroxylation is 1. The number of nitrogens with two attached hydrogens (primary N) is 1. The average molecular weight is 445 g/mol. The van der Waals surface area contributed by atoms with Gasteiger partial charge >= 0.3 is 0 Å². The van der Waals surface area contributed by atoms with Crippen LogP contribution in [0.5, 0.6) is 5.75 Å². The van der Waals surface area contributed by atoms with Crippen LogP contribution in [0.1, 0.15) is 26.7 Å². The Hall–Kier alpha value is -2.98. The van der Waals surface area contributed by atoms with Crippen molar-refractivity contribution in [2.24, 2.45) is 5.73 Å². The number of nitrogens with one attached hydrogen (secondary N) is 2. The fourth-order valence-electron chi connectivity index (χ4n) is 3.27. The standard InChI is InChI=1S/C21H28N6O3S/c1-3-11-26-19-17(20(29)27(12-4-2)21(26)31)24-18(25-19)14-5-7-15(8-6-14)30-13-16(28)23-10-9-22/h5-8H,3-4,9-13,22H2,1-2H3,(H,23,28)(H,24,25). The van der Waals surface area contributed by atoms with E-state index in [0.29, 0.717) is 53.7 Å². The smallest absolute Gasteiger partial charge is 0.280 e. The van der Waals surface area contributed by atoms with Gasteiger partial charge in [0.15, 0.2) is 17.0 Å². The van der Waals surface area contributed by atoms with Gasteiger partial charge in [0, 0.05) is 31.7 Å². The van der Waals surface area contributed by atoms with Crippen LogP contribution in [-0.4, -0.2) is 44.7 Å². The van der Waals surface area contributed by atoms with Crippen molar-refractivity contribution in [3.63, 3.8) is 0 Å². The topological polar surface area (TPSA) is 120 Å². The molecule has 166 valence electrons. The maximum Gasteiger partial charge on any atom is 0.280 e. The molecule has 0 spiro atoms. The molecule has 0 radical (unpaired) electrons. The number of imidazole rings is 1. The van der Waals surface area contributed by atoms with Crippen molar-refractivity contribution in [3.8, 4) is 17.1 Å². The Kier molecular flexibility index (Phi) is 7.59. The van der Waals surface area contributed by atoms with Crippen molar-refractivity contribution in [2.45, 2.75) is 39.8 Å². The van der Waals surface area contributed by atoms with Crippen LogP contribution in [0, 0.1) is 4.77 Å². The third-order valence-corrected chi connectivity index (χ3v) is 5.16. The summed E-state index contributed by atoms with van der Waals surface area (Å²) >= 11 is 5.57. The number of carbonyl (C=O) groups excluding carboxylic acids is 1. The minimum absolute atomic E-state index is 0.0837. The highest BCUT2D eigenvalue weighted by Crippen LogP contribution is 2.22. The first kappa shape index (κ1) is 22.7. The molecule has 2 heterocycles. The van der Waals surface area contributed by atoms with Gasteiger partial charge in [-0.25, -0.2) is 4.98 Å². The van der Waals surface area contributed by atoms with E-state index >= 15 is 0 Å². The number of nitrogens with zero attached hydrogens (tertiary/aromatic N) is 3. The predicted molar refractivity (Wildman–Crippen MR) is 123 cm³/mol. The molecule has 0 atom stereocenters. The molecule has 0 saturated heterocycles. The number of aromatic amines is 1. The number of aromatic nitrogens is 4. The maximum atomic E-state index is 13.0. The lowest BCUT2D eigenvalue weighted by Gasteiger charge is -2.11. The molecule has 1 amide bonds. The molecule has 0 unspecified atom stereocenters. The molecule has 9 nitrogen and oxygen atoms in total. The van der Waals surface area contributed by atoms with E-state index in [2.05, 4.69) is 22.2 Å². The van der Waals surface area contributed by atoms with Gasteiger partial charge in [-0.2, -0.15) is 0 Å². The monoisotopic (exact) mass is 444 g/mol. The van der Waals surface area contributed by atoms with E-state index in [1.807, 2.05) is 23.6 Å². The van der Waals surface area contributed by atoms with Crippen molar-refractivity contribution in [1.29, 1.82) is 0 Å². The number of ether oxygens (including phenoxy) is 1. The summed E-state index contributed by atoms with van der Waals surface area (Å²) in [4.78, 5) is 32.4. The van der Waals surface area contributed by atoms with E-state index in [0.717, 1.165) is 18.4 Å².